The van der Waals surface area contributed by atoms with Crippen LogP contribution in [0.3, 0.4) is 0 Å². The molecule has 0 saturated heterocycles. The van der Waals surface area contributed by atoms with Gasteiger partial charge in [-0.2, -0.15) is 0 Å². The third-order valence-electron chi connectivity index (χ3n) is 3.11. The number of aliphatic hydroxyl groups excluding tert-OH is 1. The first-order chi connectivity index (χ1) is 9.31. The average Bonchev–Trinajstić information content (AvgIpc) is 2.42. The molecule has 0 aliphatic carbocycles. The predicted molar refractivity (Wildman–Crippen MR) is 75.7 cm³/mol. The van der Waals surface area contributed by atoms with Crippen molar-refractivity contribution in [3.05, 3.63) is 36.3 Å². The molecule has 4 heteroatoms. The summed E-state index contributed by atoms with van der Waals surface area (Å²) in [4.78, 5) is 4.16. The second-order valence-corrected chi connectivity index (χ2v) is 4.58. The first kappa shape index (κ1) is 13.7. The van der Waals surface area contributed by atoms with E-state index in [1.807, 2.05) is 6.07 Å². The molecule has 2 rings (SSSR count). The van der Waals surface area contributed by atoms with Gasteiger partial charge < -0.3 is 10.4 Å². The van der Waals surface area contributed by atoms with Crippen LogP contribution in [0.4, 0.5) is 10.1 Å². The lowest BCUT2D eigenvalue weighted by atomic mass is 10.1. The molecular formula is C15H19FN2O. The number of aliphatic hydroxyl groups is 1. The van der Waals surface area contributed by atoms with Crippen molar-refractivity contribution in [2.75, 3.05) is 18.5 Å². The summed E-state index contributed by atoms with van der Waals surface area (Å²) in [6.45, 7) is 1.15. The molecule has 0 unspecified atom stereocenters. The first-order valence-corrected chi connectivity index (χ1v) is 6.70. The lowest BCUT2D eigenvalue weighted by Gasteiger charge is -2.09. The van der Waals surface area contributed by atoms with Crippen LogP contribution in [-0.4, -0.2) is 23.2 Å². The van der Waals surface area contributed by atoms with Crippen LogP contribution in [0, 0.1) is 5.82 Å². The maximum atomic E-state index is 13.1. The second kappa shape index (κ2) is 7.04. The van der Waals surface area contributed by atoms with E-state index in [0.29, 0.717) is 5.52 Å². The van der Waals surface area contributed by atoms with Crippen LogP contribution in [0.2, 0.25) is 0 Å². The van der Waals surface area contributed by atoms with E-state index in [1.165, 1.54) is 12.1 Å². The van der Waals surface area contributed by atoms with Crippen molar-refractivity contribution in [2.24, 2.45) is 0 Å². The number of aromatic nitrogens is 1. The van der Waals surface area contributed by atoms with Crippen LogP contribution in [0.15, 0.2) is 30.5 Å². The third kappa shape index (κ3) is 3.89. The van der Waals surface area contributed by atoms with Crippen molar-refractivity contribution in [2.45, 2.75) is 25.7 Å². The number of halogens is 1. The molecular weight excluding hydrogens is 243 g/mol. The first-order valence-electron chi connectivity index (χ1n) is 6.70. The van der Waals surface area contributed by atoms with E-state index in [-0.39, 0.29) is 12.4 Å². The lowest BCUT2D eigenvalue weighted by Crippen LogP contribution is -2.02. The molecule has 0 aliphatic rings. The van der Waals surface area contributed by atoms with Crippen molar-refractivity contribution >= 4 is 16.6 Å². The topological polar surface area (TPSA) is 45.1 Å². The molecule has 0 bridgehead atoms. The van der Waals surface area contributed by atoms with Crippen LogP contribution >= 0.6 is 0 Å². The summed E-state index contributed by atoms with van der Waals surface area (Å²) in [7, 11) is 0. The standard InChI is InChI=1S/C15H19FN2O/c16-12-5-6-13-14(7-9-18-15(13)11-12)17-8-3-1-2-4-10-19/h5-7,9,11,19H,1-4,8,10H2,(H,17,18). The van der Waals surface area contributed by atoms with Crippen LogP contribution < -0.4 is 5.32 Å². The van der Waals surface area contributed by atoms with Gasteiger partial charge >= 0.3 is 0 Å². The van der Waals surface area contributed by atoms with E-state index in [4.69, 9.17) is 5.11 Å². The Morgan fingerprint density at radius 3 is 2.79 bits per heavy atom. The monoisotopic (exact) mass is 262 g/mol. The van der Waals surface area contributed by atoms with E-state index in [9.17, 15) is 4.39 Å². The summed E-state index contributed by atoms with van der Waals surface area (Å²) in [6.07, 6.45) is 5.78. The minimum Gasteiger partial charge on any atom is -0.396 e. The molecule has 0 atom stereocenters. The summed E-state index contributed by atoms with van der Waals surface area (Å²) in [5.41, 5.74) is 1.66. The molecule has 0 aliphatic heterocycles. The molecule has 19 heavy (non-hydrogen) atoms. The highest BCUT2D eigenvalue weighted by Gasteiger charge is 2.02. The second-order valence-electron chi connectivity index (χ2n) is 4.58. The zero-order valence-electron chi connectivity index (χ0n) is 10.9. The zero-order chi connectivity index (χ0) is 13.5. The van der Waals surface area contributed by atoms with Crippen LogP contribution in [0.25, 0.3) is 10.9 Å². The zero-order valence-corrected chi connectivity index (χ0v) is 10.9. The van der Waals surface area contributed by atoms with E-state index < -0.39 is 0 Å². The Morgan fingerprint density at radius 1 is 1.11 bits per heavy atom. The Balaban J connectivity index is 1.93. The number of rotatable bonds is 7. The van der Waals surface area contributed by atoms with Crippen LogP contribution in [-0.2, 0) is 0 Å². The van der Waals surface area contributed by atoms with Gasteiger partial charge in [-0.05, 0) is 31.0 Å². The molecule has 0 amide bonds. The maximum Gasteiger partial charge on any atom is 0.125 e. The van der Waals surface area contributed by atoms with Gasteiger partial charge in [0, 0.05) is 36.5 Å². The molecule has 1 aromatic carbocycles. The fourth-order valence-electron chi connectivity index (χ4n) is 2.09. The smallest absolute Gasteiger partial charge is 0.125 e. The number of pyridine rings is 1. The number of benzene rings is 1. The van der Waals surface area contributed by atoms with Gasteiger partial charge in [0.1, 0.15) is 5.82 Å². The summed E-state index contributed by atoms with van der Waals surface area (Å²) in [6, 6.07) is 6.57. The highest BCUT2D eigenvalue weighted by molar-refractivity contribution is 5.90. The number of fused-ring (bicyclic) bond motifs is 1. The molecule has 0 fully saturated rings. The summed E-state index contributed by atoms with van der Waals surface area (Å²) >= 11 is 0. The number of unbranched alkanes of at least 4 members (excludes halogenated alkanes) is 3. The van der Waals surface area contributed by atoms with E-state index in [1.54, 1.807) is 12.3 Å². The summed E-state index contributed by atoms with van der Waals surface area (Å²) in [5.74, 6) is -0.263. The molecule has 1 heterocycles. The predicted octanol–water partition coefficient (Wildman–Crippen LogP) is 3.34. The average molecular weight is 262 g/mol. The molecule has 2 aromatic rings. The number of hydrogen-bond donors (Lipinski definition) is 2. The Bertz CT molecular complexity index is 531. The molecule has 0 spiro atoms. The molecule has 1 aromatic heterocycles. The Hall–Kier alpha value is -1.68. The molecule has 0 saturated carbocycles. The van der Waals surface area contributed by atoms with E-state index >= 15 is 0 Å². The van der Waals surface area contributed by atoms with Crippen molar-refractivity contribution in [1.29, 1.82) is 0 Å². The number of hydrogen-bond acceptors (Lipinski definition) is 3. The molecule has 102 valence electrons. The minimum absolute atomic E-state index is 0.263. The molecule has 0 radical (unpaired) electrons. The van der Waals surface area contributed by atoms with E-state index in [0.717, 1.165) is 43.3 Å². The van der Waals surface area contributed by atoms with Gasteiger partial charge in [-0.25, -0.2) is 4.39 Å². The SMILES string of the molecule is OCCCCCCNc1ccnc2cc(F)ccc12. The van der Waals surface area contributed by atoms with Crippen molar-refractivity contribution in [3.8, 4) is 0 Å². The quantitative estimate of drug-likeness (QED) is 0.752. The lowest BCUT2D eigenvalue weighted by molar-refractivity contribution is 0.283. The van der Waals surface area contributed by atoms with Crippen molar-refractivity contribution < 1.29 is 9.50 Å². The number of nitrogens with one attached hydrogen (secondary N) is 1. The molecule has 2 N–H and O–H groups in total. The van der Waals surface area contributed by atoms with Crippen LogP contribution in [0.5, 0.6) is 0 Å². The van der Waals surface area contributed by atoms with E-state index in [2.05, 4.69) is 10.3 Å². The van der Waals surface area contributed by atoms with Gasteiger partial charge in [0.2, 0.25) is 0 Å². The fourth-order valence-corrected chi connectivity index (χ4v) is 2.09. The normalized spacial score (nSPS) is 10.8. The van der Waals surface area contributed by atoms with Crippen molar-refractivity contribution in [1.82, 2.24) is 4.98 Å². The maximum absolute atomic E-state index is 13.1. The van der Waals surface area contributed by atoms with Crippen molar-refractivity contribution in [3.63, 3.8) is 0 Å². The summed E-state index contributed by atoms with van der Waals surface area (Å²) < 4.78 is 13.1. The minimum atomic E-state index is -0.263. The highest BCUT2D eigenvalue weighted by atomic mass is 19.1. The van der Waals surface area contributed by atoms with Gasteiger partial charge in [-0.3, -0.25) is 4.98 Å². The van der Waals surface area contributed by atoms with Gasteiger partial charge in [0.25, 0.3) is 0 Å². The number of anilines is 1. The van der Waals surface area contributed by atoms with Crippen LogP contribution in [0.1, 0.15) is 25.7 Å². The third-order valence-corrected chi connectivity index (χ3v) is 3.11. The number of nitrogens with zero attached hydrogens (tertiary/aromatic N) is 1. The van der Waals surface area contributed by atoms with Gasteiger partial charge in [-0.1, -0.05) is 12.8 Å². The fraction of sp³-hybridized carbons (Fsp3) is 0.400. The largest absolute Gasteiger partial charge is 0.396 e. The Kier molecular flexibility index (Phi) is 5.10. The summed E-state index contributed by atoms with van der Waals surface area (Å²) in [5, 5.41) is 13.0. The highest BCUT2D eigenvalue weighted by Crippen LogP contribution is 2.22. The van der Waals surface area contributed by atoms with Gasteiger partial charge in [0.15, 0.2) is 0 Å². The van der Waals surface area contributed by atoms with Gasteiger partial charge in [-0.15, -0.1) is 0 Å². The van der Waals surface area contributed by atoms with Gasteiger partial charge in [0.05, 0.1) is 5.52 Å². The Morgan fingerprint density at radius 2 is 1.95 bits per heavy atom. The Labute approximate surface area is 112 Å². The molecule has 3 nitrogen and oxygen atoms in total.